The molecule has 43 heteroatoms. The minimum atomic E-state index is -1.85. The minimum absolute atomic E-state index is 0.0313. The van der Waals surface area contributed by atoms with Crippen molar-refractivity contribution in [3.05, 3.63) is 54.1 Å². The van der Waals surface area contributed by atoms with Crippen molar-refractivity contribution in [2.75, 3.05) is 39.4 Å². The molecule has 0 aliphatic carbocycles. The molecular formula is C84H142N22O21. The van der Waals surface area contributed by atoms with Gasteiger partial charge in [0.25, 0.3) is 0 Å². The summed E-state index contributed by atoms with van der Waals surface area (Å²) in [4.78, 5) is 256. The summed E-state index contributed by atoms with van der Waals surface area (Å²) in [5.74, 6) is -20.8. The molecule has 43 nitrogen and oxygen atoms in total. The van der Waals surface area contributed by atoms with Gasteiger partial charge in [-0.3, -0.25) is 86.3 Å². The van der Waals surface area contributed by atoms with Crippen molar-refractivity contribution in [1.29, 1.82) is 0 Å². The van der Waals surface area contributed by atoms with E-state index in [1.54, 1.807) is 113 Å². The number of carboxylic acid groups (broad SMARTS) is 1. The molecule has 714 valence electrons. The predicted molar refractivity (Wildman–Crippen MR) is 468 cm³/mol. The smallest absolute Gasteiger partial charge is 0.305 e. The maximum Gasteiger partial charge on any atom is 0.305 e. The summed E-state index contributed by atoms with van der Waals surface area (Å²) >= 11 is 0. The summed E-state index contributed by atoms with van der Waals surface area (Å²) in [5.41, 5.74) is 23.6. The molecular weight excluding hydrogens is 1650 g/mol. The van der Waals surface area contributed by atoms with E-state index < -0.39 is 265 Å². The number of aliphatic hydroxyl groups is 2. The summed E-state index contributed by atoms with van der Waals surface area (Å²) in [5, 5.41) is 71.1. The Bertz CT molecular complexity index is 3910. The molecule has 127 heavy (non-hydrogen) atoms. The fourth-order valence-electron chi connectivity index (χ4n) is 13.1. The molecule has 0 bridgehead atoms. The molecule has 2 aromatic rings. The number of hydrogen-bond donors (Lipinski definition) is 24. The average Bonchev–Trinajstić information content (AvgIpc) is 1.56. The van der Waals surface area contributed by atoms with Crippen LogP contribution in [0, 0.1) is 41.4 Å². The Morgan fingerprint density at radius 3 is 1.17 bits per heavy atom. The first-order valence-electron chi connectivity index (χ1n) is 43.6. The monoisotopic (exact) mass is 1800 g/mol. The fourth-order valence-corrected chi connectivity index (χ4v) is 13.1. The number of hydrogen-bond acceptors (Lipinski definition) is 24. The van der Waals surface area contributed by atoms with Gasteiger partial charge in [0.2, 0.25) is 100 Å². The topological polar surface area (TPSA) is 693 Å². The Morgan fingerprint density at radius 2 is 0.740 bits per heavy atom. The van der Waals surface area contributed by atoms with Crippen LogP contribution in [0.3, 0.4) is 0 Å². The van der Waals surface area contributed by atoms with Crippen molar-refractivity contribution in [1.82, 2.24) is 95.0 Å². The van der Waals surface area contributed by atoms with Gasteiger partial charge < -0.3 is 128 Å². The largest absolute Gasteiger partial charge is 0.481 e. The highest BCUT2D eigenvalue weighted by molar-refractivity contribution is 6.01. The molecule has 0 spiro atoms. The Labute approximate surface area is 742 Å². The third kappa shape index (κ3) is 39.2. The van der Waals surface area contributed by atoms with Crippen LogP contribution >= 0.6 is 0 Å². The van der Waals surface area contributed by atoms with Crippen molar-refractivity contribution >= 4 is 106 Å². The van der Waals surface area contributed by atoms with Gasteiger partial charge in [-0.05, 0) is 112 Å². The molecule has 0 aliphatic heterocycles. The van der Waals surface area contributed by atoms with Crippen LogP contribution in [-0.4, -0.2) is 262 Å². The number of rotatable bonds is 61. The van der Waals surface area contributed by atoms with E-state index in [1.807, 2.05) is 13.8 Å². The summed E-state index contributed by atoms with van der Waals surface area (Å²) in [6, 6.07) is -13.2. The maximum absolute atomic E-state index is 14.7. The van der Waals surface area contributed by atoms with Crippen LogP contribution < -0.4 is 108 Å². The Morgan fingerprint density at radius 1 is 0.386 bits per heavy atom. The van der Waals surface area contributed by atoms with Crippen molar-refractivity contribution in [2.45, 2.75) is 284 Å². The molecule has 0 fully saturated rings. The van der Waals surface area contributed by atoms with E-state index >= 15 is 0 Å². The van der Waals surface area contributed by atoms with Gasteiger partial charge in [0.1, 0.15) is 90.6 Å². The average molecular weight is 1800 g/mol. The van der Waals surface area contributed by atoms with E-state index in [4.69, 9.17) is 22.9 Å². The van der Waals surface area contributed by atoms with E-state index in [0.29, 0.717) is 36.9 Å². The molecule has 1 aromatic carbocycles. The van der Waals surface area contributed by atoms with Crippen LogP contribution in [0.5, 0.6) is 0 Å². The normalized spacial score (nSPS) is 15.8. The second-order valence-corrected chi connectivity index (χ2v) is 33.2. The number of carbonyl (C=O) groups is 18. The SMILES string of the molecule is CC[C@H](C)[C@H](NC(=O)[C@H](CO)NC(=O)[C@H](CO)NC(=O)[C@@H](NC(=O)[C@@H](NC(=O)[C@H](Cc1cnc[nH]1)NC(=O)CNC(=O)[C@H](C)NC(=O)[C@@H](NC(=O)[C@H](CCCCN)NC(=O)[C@H](CCCCN)NC(=O)[C@@H](NC(=O)[C@@H](NC(=O)[C@H](CC(=O)O)NC(=O)[C@H](Cc1ccccc1)NC(=O)[C@H](CC(C)C)NC(=O)CN)[C@@H](C)CC)C(C)C)[C@@H](C)CC)[C@@H](C)CC)C(C)C)C(N)=O. The van der Waals surface area contributed by atoms with Gasteiger partial charge in [-0.25, -0.2) is 4.98 Å². The van der Waals surface area contributed by atoms with Crippen LogP contribution in [0.1, 0.15) is 192 Å². The first-order valence-corrected chi connectivity index (χ1v) is 43.6. The van der Waals surface area contributed by atoms with Crippen molar-refractivity contribution < 1.29 is 102 Å². The summed E-state index contributed by atoms with van der Waals surface area (Å²) in [7, 11) is 0. The number of nitrogens with two attached hydrogens (primary N) is 4. The Balaban J connectivity index is 2.39. The number of nitrogens with one attached hydrogen (secondary N) is 17. The first-order chi connectivity index (χ1) is 59.9. The molecule has 1 aromatic heterocycles. The molecule has 17 amide bonds. The zero-order valence-corrected chi connectivity index (χ0v) is 75.8. The predicted octanol–water partition coefficient (Wildman–Crippen LogP) is -4.69. The quantitative estimate of drug-likeness (QED) is 0.0277. The highest BCUT2D eigenvalue weighted by Gasteiger charge is 2.41. The number of nitrogens with zero attached hydrogens (tertiary/aromatic N) is 1. The van der Waals surface area contributed by atoms with Crippen LogP contribution in [0.2, 0.25) is 0 Å². The fraction of sp³-hybridized carbons (Fsp3) is 0.679. The number of carbonyl (C=O) groups excluding carboxylic acids is 17. The van der Waals surface area contributed by atoms with Gasteiger partial charge in [-0.1, -0.05) is 153 Å². The van der Waals surface area contributed by atoms with Gasteiger partial charge in [0, 0.05) is 24.7 Å². The van der Waals surface area contributed by atoms with E-state index in [0.717, 1.165) is 0 Å². The highest BCUT2D eigenvalue weighted by Crippen LogP contribution is 2.19. The number of aromatic amines is 1. The summed E-state index contributed by atoms with van der Waals surface area (Å²) in [6.07, 6.45) is 3.94. The van der Waals surface area contributed by atoms with Gasteiger partial charge >= 0.3 is 5.97 Å². The lowest BCUT2D eigenvalue weighted by atomic mass is 9.95. The van der Waals surface area contributed by atoms with Crippen molar-refractivity contribution in [2.24, 2.45) is 64.4 Å². The second-order valence-electron chi connectivity index (χ2n) is 33.2. The third-order valence-corrected chi connectivity index (χ3v) is 21.8. The molecule has 0 saturated carbocycles. The molecule has 0 radical (unpaired) electrons. The van der Waals surface area contributed by atoms with Gasteiger partial charge in [0.15, 0.2) is 0 Å². The number of aromatic nitrogens is 2. The molecule has 19 atom stereocenters. The van der Waals surface area contributed by atoms with E-state index in [1.165, 1.54) is 19.4 Å². The molecule has 0 aliphatic rings. The first kappa shape index (κ1) is 112. The van der Waals surface area contributed by atoms with Crippen LogP contribution in [-0.2, 0) is 99.1 Å². The van der Waals surface area contributed by atoms with Crippen LogP contribution in [0.4, 0.5) is 0 Å². The lowest BCUT2D eigenvalue weighted by Gasteiger charge is -2.31. The lowest BCUT2D eigenvalue weighted by Crippen LogP contribution is -2.62. The molecule has 1 heterocycles. The second kappa shape index (κ2) is 58.1. The number of carboxylic acids is 1. The number of primary amides is 1. The van der Waals surface area contributed by atoms with Crippen molar-refractivity contribution in [3.63, 3.8) is 0 Å². The molecule has 28 N–H and O–H groups in total. The Hall–Kier alpha value is -11.3. The van der Waals surface area contributed by atoms with Gasteiger partial charge in [-0.15, -0.1) is 0 Å². The number of amides is 17. The number of H-pyrrole nitrogens is 1. The highest BCUT2D eigenvalue weighted by atomic mass is 16.4. The van der Waals surface area contributed by atoms with Gasteiger partial charge in [-0.2, -0.15) is 0 Å². The zero-order chi connectivity index (χ0) is 96.1. The maximum atomic E-state index is 14.7. The standard InChI is InChI=1S/C84H142N22O21/c1-16-46(11)66(70(88)113)103-79(122)60(41-108)99-78(121)59(40-107)100-81(124)65(45(9)10)102-83(126)68(48(13)18-3)105-76(119)57(35-52-38-89-42-91-52)94-62(110)39-90-71(114)50(15)92-82(125)67(47(12)17-2)104-73(116)54(30-24-26-32-86)95-72(115)53(29-23-25-31-85)96-80(123)64(44(7)8)101-84(127)69(49(14)19-4)106-77(120)58(36-63(111)112)98-75(118)56(34-51-27-21-20-22-28-51)97-74(117)55(33-43(5)6)93-61(109)37-87/h20-22,27-28,38,42-50,53-60,64-69,107-108H,16-19,23-26,29-37,39-41,85-87H2,1-15H3,(H2,88,113)(H,89,91)(H,90,114)(H,92,125)(H,93,109)(H,94,110)(H,95,115)(H,96,123)(H,97,117)(H,98,118)(H,99,121)(H,100,124)(H,101,127)(H,102,126)(H,103,122)(H,104,116)(H,105,119)(H,106,120)(H,111,112)/t46-,47-,48-,49-,50-,53-,54-,55-,56-,57-,58-,59-,60-,64-,65-,66-,67-,68-,69-/m0/s1. The minimum Gasteiger partial charge on any atom is -0.481 e. The number of aliphatic hydroxyl groups excluding tert-OH is 2. The number of benzene rings is 1. The van der Waals surface area contributed by atoms with Crippen LogP contribution in [0.25, 0.3) is 0 Å². The number of unbranched alkanes of at least 4 members (excludes halogenated alkanes) is 2. The lowest BCUT2D eigenvalue weighted by molar-refractivity contribution is -0.142. The van der Waals surface area contributed by atoms with E-state index in [9.17, 15) is 102 Å². The molecule has 0 saturated heterocycles. The van der Waals surface area contributed by atoms with Gasteiger partial charge in [0.05, 0.1) is 39.1 Å². The third-order valence-electron chi connectivity index (χ3n) is 21.8. The summed E-state index contributed by atoms with van der Waals surface area (Å²) in [6.45, 7) is 21.8. The molecule has 2 rings (SSSR count). The zero-order valence-electron chi connectivity index (χ0n) is 75.8. The number of aliphatic carboxylic acids is 1. The number of imidazole rings is 1. The summed E-state index contributed by atoms with van der Waals surface area (Å²) < 4.78 is 0. The van der Waals surface area contributed by atoms with E-state index in [2.05, 4.69) is 95.0 Å². The van der Waals surface area contributed by atoms with E-state index in [-0.39, 0.29) is 76.8 Å². The molecule has 0 unspecified atom stereocenters. The van der Waals surface area contributed by atoms with Crippen molar-refractivity contribution in [3.8, 4) is 0 Å². The Kier molecular flexibility index (Phi) is 51.2. The van der Waals surface area contributed by atoms with Crippen LogP contribution in [0.15, 0.2) is 42.9 Å².